The van der Waals surface area contributed by atoms with Crippen molar-refractivity contribution in [2.75, 3.05) is 64.9 Å². The van der Waals surface area contributed by atoms with Crippen LogP contribution in [0, 0.1) is 5.92 Å². The maximum Gasteiger partial charge on any atom is 0.225 e. The van der Waals surface area contributed by atoms with E-state index >= 15 is 0 Å². The van der Waals surface area contributed by atoms with Gasteiger partial charge in [0.2, 0.25) is 5.91 Å². The summed E-state index contributed by atoms with van der Waals surface area (Å²) in [5, 5.41) is 5.56. The summed E-state index contributed by atoms with van der Waals surface area (Å²) in [6, 6.07) is 8.07. The van der Waals surface area contributed by atoms with Crippen molar-refractivity contribution < 1.29 is 14.3 Å². The van der Waals surface area contributed by atoms with Crippen molar-refractivity contribution in [2.24, 2.45) is 5.92 Å². The monoisotopic (exact) mass is 535 g/mol. The molecule has 2 fully saturated rings. The minimum Gasteiger partial charge on any atom is -0.494 e. The fourth-order valence-corrected chi connectivity index (χ4v) is 5.60. The third-order valence-corrected chi connectivity index (χ3v) is 7.76. The molecule has 0 bridgehead atoms. The molecule has 1 amide bonds. The van der Waals surface area contributed by atoms with E-state index in [1.165, 1.54) is 0 Å². The molecule has 0 atom stereocenters. The Bertz CT molecular complexity index is 1230. The summed E-state index contributed by atoms with van der Waals surface area (Å²) in [5.74, 6) is 2.17. The van der Waals surface area contributed by atoms with Crippen LogP contribution in [-0.4, -0.2) is 102 Å². The number of anilines is 1. The molecule has 2 aliphatic rings. The molecule has 10 heteroatoms. The van der Waals surface area contributed by atoms with Crippen LogP contribution in [0.2, 0.25) is 0 Å². The van der Waals surface area contributed by atoms with Gasteiger partial charge in [0.1, 0.15) is 17.9 Å². The highest BCUT2D eigenvalue weighted by Gasteiger charge is 2.32. The van der Waals surface area contributed by atoms with Crippen molar-refractivity contribution in [3.05, 3.63) is 42.4 Å². The second-order valence-electron chi connectivity index (χ2n) is 10.8. The van der Waals surface area contributed by atoms with Crippen LogP contribution in [-0.2, 0) is 16.1 Å². The van der Waals surface area contributed by atoms with Crippen LogP contribution >= 0.6 is 0 Å². The van der Waals surface area contributed by atoms with E-state index in [0.29, 0.717) is 38.3 Å². The molecule has 0 N–H and O–H groups in total. The largest absolute Gasteiger partial charge is 0.494 e. The van der Waals surface area contributed by atoms with Crippen molar-refractivity contribution in [2.45, 2.75) is 45.3 Å². The van der Waals surface area contributed by atoms with E-state index in [4.69, 9.17) is 9.47 Å². The Morgan fingerprint density at radius 3 is 2.62 bits per heavy atom. The zero-order chi connectivity index (χ0) is 27.2. The smallest absolute Gasteiger partial charge is 0.225 e. The molecule has 3 aromatic rings. The summed E-state index contributed by atoms with van der Waals surface area (Å²) in [7, 11) is 4.12. The van der Waals surface area contributed by atoms with Crippen LogP contribution < -0.4 is 9.64 Å². The molecular formula is C29H41N7O3. The minimum absolute atomic E-state index is 0.121. The van der Waals surface area contributed by atoms with Gasteiger partial charge >= 0.3 is 0 Å². The van der Waals surface area contributed by atoms with E-state index in [-0.39, 0.29) is 5.92 Å². The normalized spacial score (nSPS) is 20.1. The van der Waals surface area contributed by atoms with Crippen LogP contribution in [0.4, 0.5) is 5.82 Å². The third kappa shape index (κ3) is 6.67. The van der Waals surface area contributed by atoms with Gasteiger partial charge in [-0.2, -0.15) is 5.10 Å². The number of ether oxygens (including phenoxy) is 2. The number of piperazine rings is 1. The fourth-order valence-electron chi connectivity index (χ4n) is 5.60. The first-order valence-corrected chi connectivity index (χ1v) is 14.2. The van der Waals surface area contributed by atoms with Gasteiger partial charge in [0.25, 0.3) is 0 Å². The van der Waals surface area contributed by atoms with E-state index in [0.717, 1.165) is 80.1 Å². The Labute approximate surface area is 230 Å². The molecule has 3 heterocycles. The number of carbonyl (C=O) groups excluding carboxylic acids is 1. The lowest BCUT2D eigenvalue weighted by atomic mass is 9.86. The number of carbonyl (C=O) groups is 1. The Kier molecular flexibility index (Phi) is 8.93. The SMILES string of the molecule is CCOc1cccc(Cn2ncc3c(N4CCN(C(=O)C5CCC(OCCN(C)C)CC5)CC4)ncnc32)c1. The second kappa shape index (κ2) is 12.7. The highest BCUT2D eigenvalue weighted by atomic mass is 16.5. The minimum atomic E-state index is 0.121. The molecule has 1 aromatic carbocycles. The Morgan fingerprint density at radius 1 is 1.08 bits per heavy atom. The molecule has 0 radical (unpaired) electrons. The Balaban J connectivity index is 1.16. The number of amides is 1. The predicted molar refractivity (Wildman–Crippen MR) is 151 cm³/mol. The van der Waals surface area contributed by atoms with Crippen LogP contribution in [0.1, 0.15) is 38.2 Å². The first-order valence-electron chi connectivity index (χ1n) is 14.2. The summed E-state index contributed by atoms with van der Waals surface area (Å²) in [5.41, 5.74) is 1.91. The number of aromatic nitrogens is 4. The highest BCUT2D eigenvalue weighted by molar-refractivity contribution is 5.87. The van der Waals surface area contributed by atoms with Gasteiger partial charge < -0.3 is 24.2 Å². The van der Waals surface area contributed by atoms with Crippen molar-refractivity contribution in [3.63, 3.8) is 0 Å². The molecular weight excluding hydrogens is 494 g/mol. The summed E-state index contributed by atoms with van der Waals surface area (Å²) in [6.07, 6.45) is 7.55. The van der Waals surface area contributed by atoms with Crippen molar-refractivity contribution in [3.8, 4) is 5.75 Å². The maximum atomic E-state index is 13.3. The van der Waals surface area contributed by atoms with Crippen molar-refractivity contribution in [1.29, 1.82) is 0 Å². The Morgan fingerprint density at radius 2 is 1.87 bits per heavy atom. The second-order valence-corrected chi connectivity index (χ2v) is 10.8. The average molecular weight is 536 g/mol. The van der Waals surface area contributed by atoms with Crippen LogP contribution in [0.5, 0.6) is 5.75 Å². The summed E-state index contributed by atoms with van der Waals surface area (Å²) in [4.78, 5) is 28.9. The number of hydrogen-bond acceptors (Lipinski definition) is 8. The van der Waals surface area contributed by atoms with E-state index in [9.17, 15) is 4.79 Å². The number of likely N-dealkylation sites (N-methyl/N-ethyl adjacent to an activating group) is 1. The first kappa shape index (κ1) is 27.3. The lowest BCUT2D eigenvalue weighted by molar-refractivity contribution is -0.137. The lowest BCUT2D eigenvalue weighted by Gasteiger charge is -2.38. The summed E-state index contributed by atoms with van der Waals surface area (Å²) < 4.78 is 13.6. The molecule has 1 aliphatic heterocycles. The quantitative estimate of drug-likeness (QED) is 0.392. The summed E-state index contributed by atoms with van der Waals surface area (Å²) in [6.45, 7) is 7.84. The molecule has 39 heavy (non-hydrogen) atoms. The van der Waals surface area contributed by atoms with Gasteiger partial charge in [0.15, 0.2) is 5.65 Å². The van der Waals surface area contributed by atoms with Crippen molar-refractivity contribution >= 4 is 22.8 Å². The van der Waals surface area contributed by atoms with Gasteiger partial charge in [0.05, 0.1) is 37.4 Å². The van der Waals surface area contributed by atoms with Gasteiger partial charge in [-0.05, 0) is 64.4 Å². The fraction of sp³-hybridized carbons (Fsp3) is 0.586. The average Bonchev–Trinajstić information content (AvgIpc) is 3.36. The highest BCUT2D eigenvalue weighted by Crippen LogP contribution is 2.29. The molecule has 210 valence electrons. The maximum absolute atomic E-state index is 13.3. The molecule has 2 aromatic heterocycles. The molecule has 1 aliphatic carbocycles. The van der Waals surface area contributed by atoms with Gasteiger partial charge in [-0.3, -0.25) is 4.79 Å². The van der Waals surface area contributed by atoms with Gasteiger partial charge in [-0.25, -0.2) is 14.6 Å². The van der Waals surface area contributed by atoms with Crippen molar-refractivity contribution in [1.82, 2.24) is 29.5 Å². The lowest BCUT2D eigenvalue weighted by Crippen LogP contribution is -2.51. The van der Waals surface area contributed by atoms with E-state index < -0.39 is 0 Å². The third-order valence-electron chi connectivity index (χ3n) is 7.76. The number of nitrogens with zero attached hydrogens (tertiary/aromatic N) is 7. The van der Waals surface area contributed by atoms with Gasteiger partial charge in [0, 0.05) is 38.6 Å². The molecule has 1 saturated carbocycles. The molecule has 0 spiro atoms. The number of rotatable bonds is 10. The first-order chi connectivity index (χ1) is 19.0. The molecule has 0 unspecified atom stereocenters. The van der Waals surface area contributed by atoms with Gasteiger partial charge in [-0.1, -0.05) is 12.1 Å². The zero-order valence-corrected chi connectivity index (χ0v) is 23.5. The number of fused-ring (bicyclic) bond motifs is 1. The standard InChI is InChI=1S/C29H41N7O3/c1-4-38-25-7-5-6-22(18-25)20-36-28-26(19-32-36)27(30-21-31-28)34-12-14-35(15-13-34)29(37)23-8-10-24(11-9-23)39-17-16-33(2)3/h5-7,18-19,21,23-24H,4,8-17,20H2,1-3H3. The number of hydrogen-bond donors (Lipinski definition) is 0. The van der Waals surface area contributed by atoms with E-state index in [1.807, 2.05) is 40.9 Å². The van der Waals surface area contributed by atoms with Crippen LogP contribution in [0.3, 0.4) is 0 Å². The number of benzene rings is 1. The molecule has 5 rings (SSSR count). The zero-order valence-electron chi connectivity index (χ0n) is 23.5. The predicted octanol–water partition coefficient (Wildman–Crippen LogP) is 3.06. The topological polar surface area (TPSA) is 88.9 Å². The summed E-state index contributed by atoms with van der Waals surface area (Å²) >= 11 is 0. The van der Waals surface area contributed by atoms with E-state index in [2.05, 4.69) is 45.0 Å². The molecule has 10 nitrogen and oxygen atoms in total. The van der Waals surface area contributed by atoms with Crippen LogP contribution in [0.25, 0.3) is 11.0 Å². The Hall–Kier alpha value is -3.24. The van der Waals surface area contributed by atoms with Gasteiger partial charge in [-0.15, -0.1) is 0 Å². The van der Waals surface area contributed by atoms with Crippen LogP contribution in [0.15, 0.2) is 36.8 Å². The molecule has 1 saturated heterocycles. The van der Waals surface area contributed by atoms with E-state index in [1.54, 1.807) is 6.33 Å².